The molecule has 2 saturated heterocycles. The fraction of sp³-hybridized carbons (Fsp3) is 0.909. The van der Waals surface area contributed by atoms with Crippen LogP contribution in [0.25, 0.3) is 0 Å². The molecule has 0 aromatic rings. The third kappa shape index (κ3) is 2.84. The van der Waals surface area contributed by atoms with Crippen LogP contribution in [0.3, 0.4) is 0 Å². The number of hydroxylamine groups is 2. The monoisotopic (exact) mass is 212 g/mol. The summed E-state index contributed by atoms with van der Waals surface area (Å²) in [6.07, 6.45) is 4.46. The van der Waals surface area contributed by atoms with Crippen LogP contribution in [0.1, 0.15) is 32.6 Å². The Morgan fingerprint density at radius 3 is 2.60 bits per heavy atom. The maximum absolute atomic E-state index is 11.7. The van der Waals surface area contributed by atoms with Crippen molar-refractivity contribution in [3.63, 3.8) is 0 Å². The second-order valence-corrected chi connectivity index (χ2v) is 4.69. The van der Waals surface area contributed by atoms with E-state index in [1.54, 1.807) is 4.90 Å². The Kier molecular flexibility index (Phi) is 3.46. The molecule has 0 saturated carbocycles. The molecule has 4 nitrogen and oxygen atoms in total. The van der Waals surface area contributed by atoms with Crippen LogP contribution in [0.5, 0.6) is 0 Å². The first-order valence-corrected chi connectivity index (χ1v) is 5.97. The third-order valence-corrected chi connectivity index (χ3v) is 3.19. The molecule has 0 aliphatic carbocycles. The molecule has 2 rings (SSSR count). The van der Waals surface area contributed by atoms with E-state index in [1.807, 2.05) is 5.06 Å². The largest absolute Gasteiger partial charge is 0.428 e. The molecule has 15 heavy (non-hydrogen) atoms. The van der Waals surface area contributed by atoms with E-state index < -0.39 is 0 Å². The summed E-state index contributed by atoms with van der Waals surface area (Å²) in [4.78, 5) is 18.9. The standard InChI is InChI=1S/C11H20N2O2/c1-10-5-4-8-13(9-10)15-11(14)12-6-2-3-7-12/h10H,2-9H2,1H3. The summed E-state index contributed by atoms with van der Waals surface area (Å²) in [6.45, 7) is 5.71. The van der Waals surface area contributed by atoms with Gasteiger partial charge in [-0.1, -0.05) is 6.92 Å². The minimum absolute atomic E-state index is 0.151. The van der Waals surface area contributed by atoms with Crippen molar-refractivity contribution < 1.29 is 9.63 Å². The van der Waals surface area contributed by atoms with Crippen molar-refractivity contribution >= 4 is 6.09 Å². The number of carbonyl (C=O) groups excluding carboxylic acids is 1. The van der Waals surface area contributed by atoms with Gasteiger partial charge in [0.15, 0.2) is 0 Å². The van der Waals surface area contributed by atoms with Gasteiger partial charge in [-0.2, -0.15) is 0 Å². The van der Waals surface area contributed by atoms with Gasteiger partial charge in [0.25, 0.3) is 0 Å². The molecule has 0 bridgehead atoms. The van der Waals surface area contributed by atoms with Crippen LogP contribution in [0.15, 0.2) is 0 Å². The van der Waals surface area contributed by atoms with Gasteiger partial charge in [-0.15, -0.1) is 5.06 Å². The predicted molar refractivity (Wildman–Crippen MR) is 57.3 cm³/mol. The van der Waals surface area contributed by atoms with Gasteiger partial charge in [-0.05, 0) is 31.6 Å². The zero-order chi connectivity index (χ0) is 10.7. The van der Waals surface area contributed by atoms with E-state index in [1.165, 1.54) is 6.42 Å². The van der Waals surface area contributed by atoms with Crippen molar-refractivity contribution in [2.45, 2.75) is 32.6 Å². The van der Waals surface area contributed by atoms with Crippen LogP contribution in [-0.2, 0) is 4.84 Å². The van der Waals surface area contributed by atoms with Crippen LogP contribution < -0.4 is 0 Å². The Morgan fingerprint density at radius 2 is 1.93 bits per heavy atom. The first kappa shape index (κ1) is 10.7. The summed E-state index contributed by atoms with van der Waals surface area (Å²) in [5.74, 6) is 0.644. The lowest BCUT2D eigenvalue weighted by molar-refractivity contribution is -0.130. The van der Waals surface area contributed by atoms with Crippen LogP contribution in [-0.4, -0.2) is 42.2 Å². The average Bonchev–Trinajstić information content (AvgIpc) is 2.70. The Bertz CT molecular complexity index is 227. The van der Waals surface area contributed by atoms with Crippen molar-refractivity contribution in [2.24, 2.45) is 5.92 Å². The molecular formula is C11H20N2O2. The fourth-order valence-electron chi connectivity index (χ4n) is 2.30. The van der Waals surface area contributed by atoms with Crippen molar-refractivity contribution in [2.75, 3.05) is 26.2 Å². The number of carbonyl (C=O) groups is 1. The number of amides is 1. The van der Waals surface area contributed by atoms with Gasteiger partial charge in [0.05, 0.1) is 0 Å². The van der Waals surface area contributed by atoms with Crippen molar-refractivity contribution in [3.05, 3.63) is 0 Å². The Labute approximate surface area is 91.1 Å². The molecule has 0 N–H and O–H groups in total. The zero-order valence-electron chi connectivity index (χ0n) is 9.45. The average molecular weight is 212 g/mol. The molecule has 1 atom stereocenters. The number of likely N-dealkylation sites (tertiary alicyclic amines) is 1. The summed E-state index contributed by atoms with van der Waals surface area (Å²) < 4.78 is 0. The number of hydrogen-bond acceptors (Lipinski definition) is 3. The van der Waals surface area contributed by atoms with Gasteiger partial charge in [0.2, 0.25) is 0 Å². The molecule has 2 aliphatic rings. The molecule has 86 valence electrons. The van der Waals surface area contributed by atoms with E-state index in [9.17, 15) is 4.79 Å². The maximum Gasteiger partial charge on any atom is 0.428 e. The molecule has 1 unspecified atom stereocenters. The first-order valence-electron chi connectivity index (χ1n) is 5.97. The molecule has 0 aromatic carbocycles. The van der Waals surface area contributed by atoms with Crippen LogP contribution in [0.4, 0.5) is 4.79 Å². The van der Waals surface area contributed by atoms with Crippen LogP contribution >= 0.6 is 0 Å². The van der Waals surface area contributed by atoms with Gasteiger partial charge >= 0.3 is 6.09 Å². The van der Waals surface area contributed by atoms with E-state index in [2.05, 4.69) is 6.92 Å². The van der Waals surface area contributed by atoms with Crippen molar-refractivity contribution in [3.8, 4) is 0 Å². The van der Waals surface area contributed by atoms with E-state index in [4.69, 9.17) is 4.84 Å². The number of hydrogen-bond donors (Lipinski definition) is 0. The highest BCUT2D eigenvalue weighted by Gasteiger charge is 2.24. The van der Waals surface area contributed by atoms with E-state index >= 15 is 0 Å². The van der Waals surface area contributed by atoms with Crippen molar-refractivity contribution in [1.82, 2.24) is 9.96 Å². The normalized spacial score (nSPS) is 28.1. The highest BCUT2D eigenvalue weighted by molar-refractivity contribution is 5.67. The smallest absolute Gasteiger partial charge is 0.351 e. The lowest BCUT2D eigenvalue weighted by Gasteiger charge is -2.30. The number of rotatable bonds is 1. The molecule has 0 aromatic heterocycles. The molecule has 1 amide bonds. The van der Waals surface area contributed by atoms with Gasteiger partial charge in [-0.3, -0.25) is 0 Å². The van der Waals surface area contributed by atoms with E-state index in [-0.39, 0.29) is 6.09 Å². The minimum atomic E-state index is -0.151. The molecule has 4 heteroatoms. The second kappa shape index (κ2) is 4.84. The summed E-state index contributed by atoms with van der Waals surface area (Å²) >= 11 is 0. The fourth-order valence-corrected chi connectivity index (χ4v) is 2.30. The topological polar surface area (TPSA) is 32.8 Å². The predicted octanol–water partition coefficient (Wildman–Crippen LogP) is 1.87. The molecular weight excluding hydrogens is 192 g/mol. The quantitative estimate of drug-likeness (QED) is 0.665. The van der Waals surface area contributed by atoms with Gasteiger partial charge in [0.1, 0.15) is 0 Å². The third-order valence-electron chi connectivity index (χ3n) is 3.19. The summed E-state index contributed by atoms with van der Waals surface area (Å²) in [7, 11) is 0. The zero-order valence-corrected chi connectivity index (χ0v) is 9.45. The Morgan fingerprint density at radius 1 is 1.20 bits per heavy atom. The molecule has 2 aliphatic heterocycles. The Hall–Kier alpha value is -0.770. The SMILES string of the molecule is CC1CCCN(OC(=O)N2CCCC2)C1. The lowest BCUT2D eigenvalue weighted by Crippen LogP contribution is -2.40. The summed E-state index contributed by atoms with van der Waals surface area (Å²) in [5, 5.41) is 1.83. The van der Waals surface area contributed by atoms with Crippen molar-refractivity contribution in [1.29, 1.82) is 0 Å². The highest BCUT2D eigenvalue weighted by Crippen LogP contribution is 2.17. The number of nitrogens with zero attached hydrogens (tertiary/aromatic N) is 2. The minimum Gasteiger partial charge on any atom is -0.351 e. The molecule has 2 heterocycles. The Balaban J connectivity index is 1.77. The van der Waals surface area contributed by atoms with Crippen LogP contribution in [0.2, 0.25) is 0 Å². The summed E-state index contributed by atoms with van der Waals surface area (Å²) in [5.41, 5.74) is 0. The summed E-state index contributed by atoms with van der Waals surface area (Å²) in [6, 6.07) is 0. The number of piperidine rings is 1. The first-order chi connectivity index (χ1) is 7.25. The molecule has 0 spiro atoms. The van der Waals surface area contributed by atoms with Crippen LogP contribution in [0, 0.1) is 5.92 Å². The molecule has 0 radical (unpaired) electrons. The highest BCUT2D eigenvalue weighted by atomic mass is 16.7. The van der Waals surface area contributed by atoms with E-state index in [0.29, 0.717) is 5.92 Å². The van der Waals surface area contributed by atoms with Gasteiger partial charge in [-0.25, -0.2) is 4.79 Å². The lowest BCUT2D eigenvalue weighted by atomic mass is 10.0. The van der Waals surface area contributed by atoms with Gasteiger partial charge in [0, 0.05) is 26.2 Å². The maximum atomic E-state index is 11.7. The second-order valence-electron chi connectivity index (χ2n) is 4.69. The molecule has 2 fully saturated rings. The van der Waals surface area contributed by atoms with E-state index in [0.717, 1.165) is 45.4 Å². The van der Waals surface area contributed by atoms with Gasteiger partial charge < -0.3 is 9.74 Å².